The predicted octanol–water partition coefficient (Wildman–Crippen LogP) is -10.4. The quantitative estimate of drug-likeness (QED) is 0.124. The Hall–Kier alpha value is -2.32. The summed E-state index contributed by atoms with van der Waals surface area (Å²) in [6.07, 6.45) is 0. The molecule has 0 aliphatic carbocycles. The van der Waals surface area contributed by atoms with Gasteiger partial charge in [0.15, 0.2) is 0 Å². The molecular weight excluding hydrogens is 546 g/mol. The second kappa shape index (κ2) is 34.7. The number of carbonyl (C=O) groups excluding carboxylic acids is 2. The van der Waals surface area contributed by atoms with Crippen molar-refractivity contribution in [1.82, 2.24) is 9.80 Å². The first-order valence-corrected chi connectivity index (χ1v) is 9.19. The first-order chi connectivity index (χ1) is 16.1. The molecule has 0 rings (SSSR count). The van der Waals surface area contributed by atoms with Crippen molar-refractivity contribution >= 4 is 47.8 Å². The van der Waals surface area contributed by atoms with Crippen molar-refractivity contribution < 1.29 is 138 Å². The maximum absolute atomic E-state index is 10.6. The third-order valence-electron chi connectivity index (χ3n) is 2.17. The molecule has 0 fully saturated rings. The average Bonchev–Trinajstić information content (AvgIpc) is 2.55. The van der Waals surface area contributed by atoms with E-state index in [2.05, 4.69) is 0 Å². The van der Waals surface area contributed by atoms with Crippen molar-refractivity contribution in [3.63, 3.8) is 0 Å². The molecule has 0 spiro atoms. The normalized spacial score (nSPS) is 8.26. The summed E-state index contributed by atoms with van der Waals surface area (Å²) in [5, 5.41) is 67.1. The van der Waals surface area contributed by atoms with Crippen LogP contribution in [0.4, 0.5) is 0 Å². The number of carbonyl (C=O) groups is 8. The maximum Gasteiger partial charge on any atom is 1.00 e. The number of aliphatic carboxylic acids is 8. The van der Waals surface area contributed by atoms with Crippen LogP contribution in [0, 0.1) is 0 Å². The van der Waals surface area contributed by atoms with Crippen molar-refractivity contribution in [2.75, 3.05) is 39.3 Å². The molecule has 0 aromatic rings. The minimum Gasteiger partial charge on any atom is -0.550 e. The number of rotatable bonds is 11. The zero-order chi connectivity index (χ0) is 30.0. The van der Waals surface area contributed by atoms with Gasteiger partial charge in [0.25, 0.3) is 11.9 Å². The standard InChI is InChI=1S/C10H16N2O8.4C2H4O2.2Na/c13-7(14)3-11(4-8(15)16)1-2-12(5-9(17)18)6-10(19)20;4*1-2(3)4;;/h1-6H2,(H,13,14)(H,15,16)(H,17,18)(H,19,20);4*1H3,(H,3,4);;/q;;;;;2*+1/p-2. The molecule has 0 bridgehead atoms. The second-order valence-electron chi connectivity index (χ2n) is 6.02. The van der Waals surface area contributed by atoms with Gasteiger partial charge in [-0.1, -0.05) is 0 Å². The van der Waals surface area contributed by atoms with Gasteiger partial charge < -0.3 is 50.4 Å². The van der Waals surface area contributed by atoms with E-state index in [1.807, 2.05) is 0 Å². The third-order valence-corrected chi connectivity index (χ3v) is 2.17. The third kappa shape index (κ3) is 103. The van der Waals surface area contributed by atoms with Gasteiger partial charge in [0, 0.05) is 38.9 Å². The van der Waals surface area contributed by atoms with Gasteiger partial charge in [-0.2, -0.15) is 0 Å². The molecular formula is C18H30N2Na2O16. The van der Waals surface area contributed by atoms with Gasteiger partial charge in [0.1, 0.15) is 0 Å². The van der Waals surface area contributed by atoms with Crippen LogP contribution in [0.25, 0.3) is 0 Å². The van der Waals surface area contributed by atoms with Gasteiger partial charge in [-0.3, -0.25) is 38.6 Å². The molecule has 6 N–H and O–H groups in total. The Labute approximate surface area is 261 Å². The molecule has 18 nitrogen and oxygen atoms in total. The number of hydrogen-bond donors (Lipinski definition) is 6. The van der Waals surface area contributed by atoms with Crippen molar-refractivity contribution in [3.8, 4) is 0 Å². The van der Waals surface area contributed by atoms with E-state index in [9.17, 15) is 19.2 Å². The van der Waals surface area contributed by atoms with Crippen molar-refractivity contribution in [1.29, 1.82) is 0 Å². The Morgan fingerprint density at radius 1 is 0.474 bits per heavy atom. The van der Waals surface area contributed by atoms with Gasteiger partial charge >= 0.3 is 83.0 Å². The van der Waals surface area contributed by atoms with E-state index in [0.717, 1.165) is 37.5 Å². The summed E-state index contributed by atoms with van der Waals surface area (Å²) in [6.45, 7) is 1.86. The van der Waals surface area contributed by atoms with E-state index in [-0.39, 0.29) is 72.2 Å². The zero-order valence-corrected chi connectivity index (χ0v) is 25.9. The van der Waals surface area contributed by atoms with Crippen LogP contribution >= 0.6 is 0 Å². The molecule has 0 amide bonds. The number of nitrogens with zero attached hydrogens (tertiary/aromatic N) is 2. The maximum atomic E-state index is 10.6. The summed E-state index contributed by atoms with van der Waals surface area (Å²) in [6, 6.07) is 0. The van der Waals surface area contributed by atoms with E-state index in [0.29, 0.717) is 0 Å². The Balaban J connectivity index is -0.0000000873. The Bertz CT molecular complexity index is 601. The van der Waals surface area contributed by atoms with Gasteiger partial charge in [0.05, 0.1) is 26.2 Å². The largest absolute Gasteiger partial charge is 1.00 e. The van der Waals surface area contributed by atoms with E-state index in [1.165, 1.54) is 0 Å². The Morgan fingerprint density at radius 2 is 0.579 bits per heavy atom. The van der Waals surface area contributed by atoms with Crippen molar-refractivity contribution in [2.24, 2.45) is 0 Å². The monoisotopic (exact) mass is 576 g/mol. The fourth-order valence-electron chi connectivity index (χ4n) is 1.48. The first-order valence-electron chi connectivity index (χ1n) is 9.19. The smallest absolute Gasteiger partial charge is 0.550 e. The van der Waals surface area contributed by atoms with Gasteiger partial charge in [-0.15, -0.1) is 0 Å². The molecule has 20 heteroatoms. The molecule has 0 aliphatic rings. The van der Waals surface area contributed by atoms with Gasteiger partial charge in [-0.05, 0) is 13.8 Å². The summed E-state index contributed by atoms with van der Waals surface area (Å²) in [4.78, 5) is 80.1. The number of carboxylic acid groups (broad SMARTS) is 8. The molecule has 0 unspecified atom stereocenters. The molecule has 0 atom stereocenters. The summed E-state index contributed by atoms with van der Waals surface area (Å²) < 4.78 is 0. The van der Waals surface area contributed by atoms with Crippen LogP contribution in [-0.4, -0.2) is 127 Å². The van der Waals surface area contributed by atoms with Crippen molar-refractivity contribution in [3.05, 3.63) is 0 Å². The predicted molar refractivity (Wildman–Crippen MR) is 111 cm³/mol. The minimum absolute atomic E-state index is 0. The van der Waals surface area contributed by atoms with Gasteiger partial charge in [-0.25, -0.2) is 0 Å². The van der Waals surface area contributed by atoms with Crippen LogP contribution in [-0.2, 0) is 38.4 Å². The zero-order valence-electron chi connectivity index (χ0n) is 21.9. The van der Waals surface area contributed by atoms with Crippen LogP contribution in [0.2, 0.25) is 0 Å². The average molecular weight is 576 g/mol. The van der Waals surface area contributed by atoms with Crippen LogP contribution < -0.4 is 69.3 Å². The SMILES string of the molecule is CC(=O)O.CC(=O)O.CC(=O)[O-].CC(=O)[O-].O=C(O)CN(CCN(CC(=O)O)CC(=O)O)CC(=O)O.[Na+].[Na+]. The summed E-state index contributed by atoms with van der Waals surface area (Å²) >= 11 is 0. The summed E-state index contributed by atoms with van der Waals surface area (Å²) in [5.41, 5.74) is 0. The molecule has 0 aromatic heterocycles. The molecule has 0 radical (unpaired) electrons. The number of hydrogen-bond acceptors (Lipinski definition) is 12. The fraction of sp³-hybridized carbons (Fsp3) is 0.556. The van der Waals surface area contributed by atoms with E-state index in [4.69, 9.17) is 60.0 Å². The van der Waals surface area contributed by atoms with Gasteiger partial charge in [0.2, 0.25) is 0 Å². The first kappa shape index (κ1) is 52.2. The molecule has 0 saturated heterocycles. The fourth-order valence-corrected chi connectivity index (χ4v) is 1.48. The van der Waals surface area contributed by atoms with E-state index in [1.54, 1.807) is 0 Å². The molecule has 0 aliphatic heterocycles. The second-order valence-corrected chi connectivity index (χ2v) is 6.02. The minimum atomic E-state index is -1.23. The Kier molecular flexibility index (Phi) is 47.6. The molecule has 0 aromatic carbocycles. The Morgan fingerprint density at radius 3 is 0.658 bits per heavy atom. The van der Waals surface area contributed by atoms with Crippen LogP contribution in [0.5, 0.6) is 0 Å². The number of carboxylic acids is 8. The van der Waals surface area contributed by atoms with Crippen molar-refractivity contribution in [2.45, 2.75) is 27.7 Å². The molecule has 210 valence electrons. The van der Waals surface area contributed by atoms with E-state index < -0.39 is 73.9 Å². The summed E-state index contributed by atoms with van der Waals surface area (Å²) in [7, 11) is 0. The molecule has 0 saturated carbocycles. The summed E-state index contributed by atoms with van der Waals surface area (Å²) in [5.74, 6) is -8.74. The van der Waals surface area contributed by atoms with Crippen LogP contribution in [0.3, 0.4) is 0 Å². The topological polar surface area (TPSA) is 311 Å². The van der Waals surface area contributed by atoms with Crippen LogP contribution in [0.1, 0.15) is 27.7 Å². The van der Waals surface area contributed by atoms with E-state index >= 15 is 0 Å². The molecule has 38 heavy (non-hydrogen) atoms. The van der Waals surface area contributed by atoms with Crippen LogP contribution in [0.15, 0.2) is 0 Å². The molecule has 0 heterocycles.